The molecule has 126 valence electrons. The van der Waals surface area contributed by atoms with Crippen LogP contribution in [0.5, 0.6) is 5.75 Å². The first-order chi connectivity index (χ1) is 11.4. The van der Waals surface area contributed by atoms with Crippen LogP contribution in [0, 0.1) is 13.8 Å². The molecule has 1 amide bonds. The van der Waals surface area contributed by atoms with Gasteiger partial charge in [0.05, 0.1) is 6.21 Å². The van der Waals surface area contributed by atoms with E-state index in [1.807, 2.05) is 69.2 Å². The highest BCUT2D eigenvalue weighted by Gasteiger charge is 2.02. The Kier molecular flexibility index (Phi) is 5.95. The van der Waals surface area contributed by atoms with Gasteiger partial charge < -0.3 is 9.64 Å². The Balaban J connectivity index is 1.82. The molecule has 1 N–H and O–H groups in total. The molecule has 5 nitrogen and oxygen atoms in total. The zero-order chi connectivity index (χ0) is 17.5. The summed E-state index contributed by atoms with van der Waals surface area (Å²) in [5, 5.41) is 3.95. The minimum absolute atomic E-state index is 0.0696. The molecule has 0 atom stereocenters. The number of carbonyl (C=O) groups is 1. The van der Waals surface area contributed by atoms with E-state index in [2.05, 4.69) is 16.6 Å². The summed E-state index contributed by atoms with van der Waals surface area (Å²) in [6.45, 7) is 3.91. The monoisotopic (exact) mass is 325 g/mol. The van der Waals surface area contributed by atoms with Gasteiger partial charge in [0.1, 0.15) is 5.75 Å². The van der Waals surface area contributed by atoms with Gasteiger partial charge in [-0.25, -0.2) is 5.43 Å². The smallest absolute Gasteiger partial charge is 0.277 e. The lowest BCUT2D eigenvalue weighted by atomic mass is 10.1. The second kappa shape index (κ2) is 8.15. The normalized spacial score (nSPS) is 10.7. The molecule has 0 aliphatic rings. The number of hydrogen-bond donors (Lipinski definition) is 1. The van der Waals surface area contributed by atoms with Crippen LogP contribution in [0.2, 0.25) is 0 Å². The van der Waals surface area contributed by atoms with E-state index in [1.54, 1.807) is 6.21 Å². The molecule has 0 unspecified atom stereocenters. The third-order valence-electron chi connectivity index (χ3n) is 3.38. The van der Waals surface area contributed by atoms with E-state index in [4.69, 9.17) is 4.74 Å². The second-order valence-electron chi connectivity index (χ2n) is 5.89. The summed E-state index contributed by atoms with van der Waals surface area (Å²) in [6, 6.07) is 13.7. The Bertz CT molecular complexity index is 702. The average Bonchev–Trinajstić information content (AvgIpc) is 2.52. The summed E-state index contributed by atoms with van der Waals surface area (Å²) in [4.78, 5) is 13.8. The summed E-state index contributed by atoms with van der Waals surface area (Å²) in [5.41, 5.74) is 6.69. The zero-order valence-corrected chi connectivity index (χ0v) is 14.5. The number of aryl methyl sites for hydroxylation is 2. The van der Waals surface area contributed by atoms with Crippen LogP contribution in [0.15, 0.2) is 47.6 Å². The lowest BCUT2D eigenvalue weighted by Crippen LogP contribution is -2.24. The molecule has 0 aromatic heterocycles. The van der Waals surface area contributed by atoms with Crippen molar-refractivity contribution in [3.63, 3.8) is 0 Å². The first-order valence-electron chi connectivity index (χ1n) is 7.74. The third-order valence-corrected chi connectivity index (χ3v) is 3.38. The van der Waals surface area contributed by atoms with Crippen LogP contribution in [0.25, 0.3) is 0 Å². The van der Waals surface area contributed by atoms with Crippen molar-refractivity contribution in [1.29, 1.82) is 0 Å². The Labute approximate surface area is 142 Å². The third kappa shape index (κ3) is 5.43. The Morgan fingerprint density at radius 3 is 2.33 bits per heavy atom. The van der Waals surface area contributed by atoms with Crippen molar-refractivity contribution in [3.8, 4) is 5.75 Å². The number of anilines is 1. The van der Waals surface area contributed by atoms with Crippen LogP contribution in [-0.4, -0.2) is 32.8 Å². The molecule has 2 aromatic rings. The number of ether oxygens (including phenoxy) is 1. The van der Waals surface area contributed by atoms with Gasteiger partial charge in [-0.15, -0.1) is 0 Å². The van der Waals surface area contributed by atoms with Crippen LogP contribution >= 0.6 is 0 Å². The summed E-state index contributed by atoms with van der Waals surface area (Å²) in [7, 11) is 3.97. The van der Waals surface area contributed by atoms with Gasteiger partial charge in [-0.2, -0.15) is 5.10 Å². The molecular formula is C19H23N3O2. The molecule has 0 heterocycles. The fourth-order valence-corrected chi connectivity index (χ4v) is 2.23. The molecule has 5 heteroatoms. The fourth-order valence-electron chi connectivity index (χ4n) is 2.23. The number of hydrogen-bond acceptors (Lipinski definition) is 4. The van der Waals surface area contributed by atoms with Gasteiger partial charge in [0, 0.05) is 19.8 Å². The number of benzene rings is 2. The molecular weight excluding hydrogens is 302 g/mol. The van der Waals surface area contributed by atoms with Gasteiger partial charge >= 0.3 is 0 Å². The van der Waals surface area contributed by atoms with Crippen molar-refractivity contribution >= 4 is 17.8 Å². The largest absolute Gasteiger partial charge is 0.484 e. The minimum atomic E-state index is -0.296. The fraction of sp³-hybridized carbons (Fsp3) is 0.263. The van der Waals surface area contributed by atoms with E-state index in [-0.39, 0.29) is 12.5 Å². The number of nitrogens with one attached hydrogen (secondary N) is 1. The highest BCUT2D eigenvalue weighted by atomic mass is 16.5. The number of amides is 1. The van der Waals surface area contributed by atoms with Crippen molar-refractivity contribution < 1.29 is 9.53 Å². The van der Waals surface area contributed by atoms with Gasteiger partial charge in [-0.1, -0.05) is 18.2 Å². The summed E-state index contributed by atoms with van der Waals surface area (Å²) >= 11 is 0. The van der Waals surface area contributed by atoms with Gasteiger partial charge in [-0.3, -0.25) is 4.79 Å². The molecule has 0 saturated heterocycles. The molecule has 24 heavy (non-hydrogen) atoms. The average molecular weight is 325 g/mol. The van der Waals surface area contributed by atoms with E-state index in [1.165, 1.54) is 0 Å². The molecule has 0 bridgehead atoms. The maximum atomic E-state index is 11.8. The standard InChI is InChI=1S/C19H23N3O2/c1-14-9-15(2)11-18(10-14)24-13-19(23)21-20-12-16-5-7-17(8-6-16)22(3)4/h5-12H,13H2,1-4H3,(H,21,23)/b20-12-. The van der Waals surface area contributed by atoms with Crippen molar-refractivity contribution in [2.45, 2.75) is 13.8 Å². The summed E-state index contributed by atoms with van der Waals surface area (Å²) < 4.78 is 5.48. The first-order valence-corrected chi connectivity index (χ1v) is 7.74. The van der Waals surface area contributed by atoms with Crippen molar-refractivity contribution in [1.82, 2.24) is 5.43 Å². The van der Waals surface area contributed by atoms with Gasteiger partial charge in [0.25, 0.3) is 5.91 Å². The maximum Gasteiger partial charge on any atom is 0.277 e. The Morgan fingerprint density at radius 2 is 1.75 bits per heavy atom. The van der Waals surface area contributed by atoms with Crippen molar-refractivity contribution in [3.05, 3.63) is 59.2 Å². The minimum Gasteiger partial charge on any atom is -0.484 e. The maximum absolute atomic E-state index is 11.8. The van der Waals surface area contributed by atoms with Crippen LogP contribution in [0.3, 0.4) is 0 Å². The lowest BCUT2D eigenvalue weighted by molar-refractivity contribution is -0.123. The molecule has 0 saturated carbocycles. The number of nitrogens with zero attached hydrogens (tertiary/aromatic N) is 2. The number of carbonyl (C=O) groups excluding carboxylic acids is 1. The highest BCUT2D eigenvalue weighted by molar-refractivity contribution is 5.83. The van der Waals surface area contributed by atoms with Crippen LogP contribution in [0.4, 0.5) is 5.69 Å². The first kappa shape index (κ1) is 17.5. The van der Waals surface area contributed by atoms with E-state index >= 15 is 0 Å². The van der Waals surface area contributed by atoms with E-state index in [9.17, 15) is 4.79 Å². The van der Waals surface area contributed by atoms with Crippen molar-refractivity contribution in [2.75, 3.05) is 25.6 Å². The SMILES string of the molecule is Cc1cc(C)cc(OCC(=O)N/N=C\c2ccc(N(C)C)cc2)c1. The summed E-state index contributed by atoms with van der Waals surface area (Å²) in [5.74, 6) is 0.390. The van der Waals surface area contributed by atoms with Gasteiger partial charge in [0.15, 0.2) is 6.61 Å². The lowest BCUT2D eigenvalue weighted by Gasteiger charge is -2.11. The van der Waals surface area contributed by atoms with Crippen molar-refractivity contribution in [2.24, 2.45) is 5.10 Å². The van der Waals surface area contributed by atoms with Crippen LogP contribution < -0.4 is 15.1 Å². The van der Waals surface area contributed by atoms with E-state index in [0.29, 0.717) is 5.75 Å². The molecule has 0 spiro atoms. The topological polar surface area (TPSA) is 53.9 Å². The number of rotatable bonds is 6. The molecule has 2 aromatic carbocycles. The molecule has 2 rings (SSSR count). The molecule has 0 fully saturated rings. The number of hydrazone groups is 1. The molecule has 0 aliphatic heterocycles. The van der Waals surface area contributed by atoms with E-state index in [0.717, 1.165) is 22.4 Å². The second-order valence-corrected chi connectivity index (χ2v) is 5.89. The zero-order valence-electron chi connectivity index (χ0n) is 14.5. The Morgan fingerprint density at radius 1 is 1.12 bits per heavy atom. The van der Waals surface area contributed by atoms with Gasteiger partial charge in [0.2, 0.25) is 0 Å². The molecule has 0 aliphatic carbocycles. The summed E-state index contributed by atoms with van der Waals surface area (Å²) in [6.07, 6.45) is 1.61. The quantitative estimate of drug-likeness (QED) is 0.656. The van der Waals surface area contributed by atoms with Gasteiger partial charge in [-0.05, 0) is 54.8 Å². The predicted octanol–water partition coefficient (Wildman–Crippen LogP) is 2.90. The molecule has 0 radical (unpaired) electrons. The highest BCUT2D eigenvalue weighted by Crippen LogP contribution is 2.16. The van der Waals surface area contributed by atoms with Crippen LogP contribution in [-0.2, 0) is 4.79 Å². The Hall–Kier alpha value is -2.82. The van der Waals surface area contributed by atoms with E-state index < -0.39 is 0 Å². The predicted molar refractivity (Wildman–Crippen MR) is 97.9 cm³/mol. The van der Waals surface area contributed by atoms with Crippen LogP contribution in [0.1, 0.15) is 16.7 Å².